The summed E-state index contributed by atoms with van der Waals surface area (Å²) in [4.78, 5) is 4.15. The van der Waals surface area contributed by atoms with Gasteiger partial charge in [0.05, 0.1) is 5.02 Å². The van der Waals surface area contributed by atoms with Crippen LogP contribution in [0.3, 0.4) is 0 Å². The average Bonchev–Trinajstić information content (AvgIpc) is 2.56. The summed E-state index contributed by atoms with van der Waals surface area (Å²) in [6.07, 6.45) is 1.60. The Balaban J connectivity index is 2.55. The van der Waals surface area contributed by atoms with Crippen molar-refractivity contribution in [3.8, 4) is 0 Å². The maximum atomic E-state index is 5.91. The summed E-state index contributed by atoms with van der Waals surface area (Å²) in [5.74, 6) is 0. The summed E-state index contributed by atoms with van der Waals surface area (Å²) >= 11 is 5.91. The number of pyridine rings is 1. The lowest BCUT2D eigenvalue weighted by atomic mass is 10.1. The van der Waals surface area contributed by atoms with Crippen molar-refractivity contribution in [2.45, 2.75) is 6.92 Å². The predicted octanol–water partition coefficient (Wildman–Crippen LogP) is 3.94. The van der Waals surface area contributed by atoms with E-state index < -0.39 is 0 Å². The minimum absolute atomic E-state index is 0.631. The van der Waals surface area contributed by atoms with Crippen LogP contribution in [0.15, 0.2) is 34.9 Å². The largest absolute Gasteiger partial charge is 0.438 e. The Labute approximate surface area is 91.5 Å². The van der Waals surface area contributed by atoms with Gasteiger partial charge in [0.25, 0.3) is 0 Å². The van der Waals surface area contributed by atoms with Crippen LogP contribution in [0.5, 0.6) is 0 Å². The number of rotatable bonds is 0. The average molecular weight is 218 g/mol. The number of nitrogens with zero attached hydrogens (tertiary/aromatic N) is 1. The van der Waals surface area contributed by atoms with Gasteiger partial charge < -0.3 is 4.42 Å². The van der Waals surface area contributed by atoms with Gasteiger partial charge in [-0.3, -0.25) is 0 Å². The van der Waals surface area contributed by atoms with Crippen molar-refractivity contribution in [2.75, 3.05) is 0 Å². The molecule has 0 aliphatic heterocycles. The molecule has 15 heavy (non-hydrogen) atoms. The predicted molar refractivity (Wildman–Crippen MR) is 61.3 cm³/mol. The van der Waals surface area contributed by atoms with Gasteiger partial charge in [-0.25, -0.2) is 4.98 Å². The van der Waals surface area contributed by atoms with E-state index in [0.29, 0.717) is 10.7 Å². The molecule has 0 N–H and O–H groups in total. The highest BCUT2D eigenvalue weighted by Gasteiger charge is 2.07. The molecule has 0 saturated heterocycles. The van der Waals surface area contributed by atoms with Gasteiger partial charge >= 0.3 is 0 Å². The monoisotopic (exact) mass is 217 g/mol. The smallest absolute Gasteiger partial charge is 0.227 e. The number of halogens is 1. The Morgan fingerprint density at radius 2 is 2.07 bits per heavy atom. The Bertz CT molecular complexity index is 601. The number of fused-ring (bicyclic) bond motifs is 3. The molecule has 0 bridgehead atoms. The lowest BCUT2D eigenvalue weighted by molar-refractivity contribution is 0.654. The first-order chi connectivity index (χ1) is 7.24. The van der Waals surface area contributed by atoms with Crippen molar-refractivity contribution in [1.29, 1.82) is 0 Å². The quantitative estimate of drug-likeness (QED) is 0.570. The Kier molecular flexibility index (Phi) is 1.73. The molecule has 74 valence electrons. The molecule has 0 aliphatic carbocycles. The minimum Gasteiger partial charge on any atom is -0.438 e. The first-order valence-electron chi connectivity index (χ1n) is 4.68. The number of benzene rings is 1. The van der Waals surface area contributed by atoms with Gasteiger partial charge in [-0.05, 0) is 25.1 Å². The van der Waals surface area contributed by atoms with E-state index in [-0.39, 0.29) is 0 Å². The zero-order valence-corrected chi connectivity index (χ0v) is 8.88. The fourth-order valence-corrected chi connectivity index (χ4v) is 1.91. The van der Waals surface area contributed by atoms with Crippen molar-refractivity contribution < 1.29 is 4.42 Å². The van der Waals surface area contributed by atoms with Gasteiger partial charge in [-0.1, -0.05) is 23.2 Å². The van der Waals surface area contributed by atoms with Crippen molar-refractivity contribution in [1.82, 2.24) is 4.98 Å². The second-order valence-electron chi connectivity index (χ2n) is 3.61. The number of hydrogen-bond acceptors (Lipinski definition) is 2. The molecule has 0 aliphatic rings. The third-order valence-electron chi connectivity index (χ3n) is 2.45. The van der Waals surface area contributed by atoms with E-state index in [2.05, 4.69) is 18.0 Å². The molecule has 0 amide bonds. The third kappa shape index (κ3) is 1.29. The summed E-state index contributed by atoms with van der Waals surface area (Å²) in [5, 5.41) is 2.67. The van der Waals surface area contributed by atoms with E-state index in [1.807, 2.05) is 18.2 Å². The van der Waals surface area contributed by atoms with Crippen molar-refractivity contribution in [3.63, 3.8) is 0 Å². The Hall–Kier alpha value is -1.54. The van der Waals surface area contributed by atoms with E-state index in [1.165, 1.54) is 5.56 Å². The molecule has 0 radical (unpaired) electrons. The van der Waals surface area contributed by atoms with Gasteiger partial charge in [-0.15, -0.1) is 0 Å². The lowest BCUT2D eigenvalue weighted by Crippen LogP contribution is -1.73. The molecular weight excluding hydrogens is 210 g/mol. The summed E-state index contributed by atoms with van der Waals surface area (Å²) in [5.41, 5.74) is 2.69. The van der Waals surface area contributed by atoms with Crippen LogP contribution in [0.1, 0.15) is 5.56 Å². The van der Waals surface area contributed by atoms with Crippen molar-refractivity contribution >= 4 is 33.7 Å². The minimum atomic E-state index is 0.631. The molecular formula is C12H8ClNO. The maximum absolute atomic E-state index is 5.91. The molecule has 0 spiro atoms. The Morgan fingerprint density at radius 1 is 1.20 bits per heavy atom. The highest BCUT2D eigenvalue weighted by atomic mass is 35.5. The van der Waals surface area contributed by atoms with Crippen LogP contribution in [0.4, 0.5) is 0 Å². The summed E-state index contributed by atoms with van der Waals surface area (Å²) in [7, 11) is 0. The lowest BCUT2D eigenvalue weighted by Gasteiger charge is -1.91. The van der Waals surface area contributed by atoms with Gasteiger partial charge in [-0.2, -0.15) is 0 Å². The van der Waals surface area contributed by atoms with Crippen LogP contribution >= 0.6 is 11.6 Å². The standard InChI is InChI=1S/C12H8ClNO/c1-7-2-3-11-9(4-7)10-5-8(13)6-14-12(10)15-11/h2-6H,1H3. The molecule has 0 fully saturated rings. The number of aryl methyl sites for hydroxylation is 1. The fourth-order valence-electron chi connectivity index (χ4n) is 1.75. The van der Waals surface area contributed by atoms with Crippen molar-refractivity contribution in [3.05, 3.63) is 41.0 Å². The SMILES string of the molecule is Cc1ccc2oc3ncc(Cl)cc3c2c1. The molecule has 0 unspecified atom stereocenters. The topological polar surface area (TPSA) is 26.0 Å². The zero-order valence-electron chi connectivity index (χ0n) is 8.12. The Morgan fingerprint density at radius 3 is 2.93 bits per heavy atom. The first kappa shape index (κ1) is 8.74. The van der Waals surface area contributed by atoms with Crippen LogP contribution < -0.4 is 0 Å². The summed E-state index contributed by atoms with van der Waals surface area (Å²) in [6, 6.07) is 7.95. The van der Waals surface area contributed by atoms with Crippen LogP contribution in [0.2, 0.25) is 5.02 Å². The van der Waals surface area contributed by atoms with E-state index >= 15 is 0 Å². The van der Waals surface area contributed by atoms with Gasteiger partial charge in [0, 0.05) is 17.0 Å². The highest BCUT2D eigenvalue weighted by molar-refractivity contribution is 6.31. The van der Waals surface area contributed by atoms with Gasteiger partial charge in [0.1, 0.15) is 5.58 Å². The molecule has 3 rings (SSSR count). The maximum Gasteiger partial charge on any atom is 0.227 e. The summed E-state index contributed by atoms with van der Waals surface area (Å²) in [6.45, 7) is 2.05. The molecule has 0 saturated carbocycles. The first-order valence-corrected chi connectivity index (χ1v) is 5.06. The molecule has 0 atom stereocenters. The number of aromatic nitrogens is 1. The van der Waals surface area contributed by atoms with Crippen molar-refractivity contribution in [2.24, 2.45) is 0 Å². The van der Waals surface area contributed by atoms with Crippen LogP contribution in [-0.2, 0) is 0 Å². The van der Waals surface area contributed by atoms with E-state index in [0.717, 1.165) is 16.4 Å². The van der Waals surface area contributed by atoms with Crippen LogP contribution in [0, 0.1) is 6.92 Å². The molecule has 2 nitrogen and oxygen atoms in total. The highest BCUT2D eigenvalue weighted by Crippen LogP contribution is 2.29. The molecule has 2 aromatic heterocycles. The van der Waals surface area contributed by atoms with Gasteiger partial charge in [0.15, 0.2) is 0 Å². The second-order valence-corrected chi connectivity index (χ2v) is 4.04. The zero-order chi connectivity index (χ0) is 10.4. The molecule has 2 heterocycles. The molecule has 3 aromatic rings. The fraction of sp³-hybridized carbons (Fsp3) is 0.0833. The normalized spacial score (nSPS) is 11.3. The molecule has 1 aromatic carbocycles. The number of furan rings is 1. The van der Waals surface area contributed by atoms with Crippen LogP contribution in [-0.4, -0.2) is 4.98 Å². The van der Waals surface area contributed by atoms with E-state index in [1.54, 1.807) is 6.20 Å². The number of hydrogen-bond donors (Lipinski definition) is 0. The summed E-state index contributed by atoms with van der Waals surface area (Å²) < 4.78 is 5.59. The third-order valence-corrected chi connectivity index (χ3v) is 2.66. The van der Waals surface area contributed by atoms with E-state index in [9.17, 15) is 0 Å². The van der Waals surface area contributed by atoms with Gasteiger partial charge in [0.2, 0.25) is 5.71 Å². The van der Waals surface area contributed by atoms with E-state index in [4.69, 9.17) is 16.0 Å². The molecule has 3 heteroatoms. The van der Waals surface area contributed by atoms with Crippen LogP contribution in [0.25, 0.3) is 22.1 Å². The second kappa shape index (κ2) is 2.97.